The summed E-state index contributed by atoms with van der Waals surface area (Å²) < 4.78 is 5.67. The molecule has 0 spiro atoms. The Balaban J connectivity index is 2.65. The SMILES string of the molecule is CC(C)(C)Oc1ccc(CC(C=O)NC(=O)O)cc1. The number of amides is 1. The van der Waals surface area contributed by atoms with Gasteiger partial charge in [-0.15, -0.1) is 0 Å². The number of aldehydes is 1. The topological polar surface area (TPSA) is 75.6 Å². The molecule has 5 heteroatoms. The van der Waals surface area contributed by atoms with Crippen LogP contribution >= 0.6 is 0 Å². The number of nitrogens with one attached hydrogen (secondary N) is 1. The number of rotatable bonds is 5. The zero-order chi connectivity index (χ0) is 14.5. The van der Waals surface area contributed by atoms with Crippen LogP contribution in [0.5, 0.6) is 5.75 Å². The van der Waals surface area contributed by atoms with Crippen molar-refractivity contribution >= 4 is 12.4 Å². The molecule has 0 aliphatic rings. The van der Waals surface area contributed by atoms with Gasteiger partial charge in [0.15, 0.2) is 0 Å². The zero-order valence-corrected chi connectivity index (χ0v) is 11.3. The van der Waals surface area contributed by atoms with Crippen LogP contribution in [0, 0.1) is 0 Å². The Kier molecular flexibility index (Phi) is 4.92. The van der Waals surface area contributed by atoms with Gasteiger partial charge in [-0.2, -0.15) is 0 Å². The smallest absolute Gasteiger partial charge is 0.405 e. The van der Waals surface area contributed by atoms with Crippen molar-refractivity contribution in [1.29, 1.82) is 0 Å². The Morgan fingerprint density at radius 3 is 2.37 bits per heavy atom. The second-order valence-corrected chi connectivity index (χ2v) is 5.25. The van der Waals surface area contributed by atoms with E-state index in [4.69, 9.17) is 9.84 Å². The third-order valence-corrected chi connectivity index (χ3v) is 2.28. The van der Waals surface area contributed by atoms with Gasteiger partial charge in [0.25, 0.3) is 0 Å². The summed E-state index contributed by atoms with van der Waals surface area (Å²) in [6.07, 6.45) is -0.288. The number of carbonyl (C=O) groups excluding carboxylic acids is 1. The number of hydrogen-bond acceptors (Lipinski definition) is 3. The maximum atomic E-state index is 10.7. The lowest BCUT2D eigenvalue weighted by atomic mass is 10.1. The van der Waals surface area contributed by atoms with Crippen molar-refractivity contribution in [1.82, 2.24) is 5.32 Å². The average Bonchev–Trinajstić information content (AvgIpc) is 2.28. The van der Waals surface area contributed by atoms with Crippen LogP contribution in [0.15, 0.2) is 24.3 Å². The molecule has 2 N–H and O–H groups in total. The lowest BCUT2D eigenvalue weighted by Crippen LogP contribution is -2.36. The molecule has 0 bridgehead atoms. The number of benzene rings is 1. The Labute approximate surface area is 112 Å². The molecule has 0 aromatic heterocycles. The van der Waals surface area contributed by atoms with E-state index in [9.17, 15) is 9.59 Å². The highest BCUT2D eigenvalue weighted by Crippen LogP contribution is 2.18. The standard InChI is InChI=1S/C14H19NO4/c1-14(2,3)19-12-6-4-10(5-7-12)8-11(9-16)15-13(17)18/h4-7,9,11,15H,8H2,1-3H3,(H,17,18). The second kappa shape index (κ2) is 6.22. The van der Waals surface area contributed by atoms with E-state index >= 15 is 0 Å². The van der Waals surface area contributed by atoms with Gasteiger partial charge in [0.2, 0.25) is 0 Å². The Morgan fingerprint density at radius 1 is 1.37 bits per heavy atom. The van der Waals surface area contributed by atoms with Crippen molar-refractivity contribution in [2.75, 3.05) is 0 Å². The number of hydrogen-bond donors (Lipinski definition) is 2. The van der Waals surface area contributed by atoms with E-state index in [1.807, 2.05) is 45.0 Å². The molecular weight excluding hydrogens is 246 g/mol. The van der Waals surface area contributed by atoms with E-state index in [1.54, 1.807) is 0 Å². The van der Waals surface area contributed by atoms with Gasteiger partial charge >= 0.3 is 6.09 Å². The molecule has 104 valence electrons. The average molecular weight is 265 g/mol. The van der Waals surface area contributed by atoms with E-state index in [1.165, 1.54) is 0 Å². The fraction of sp³-hybridized carbons (Fsp3) is 0.429. The minimum Gasteiger partial charge on any atom is -0.488 e. The first-order valence-corrected chi connectivity index (χ1v) is 6.03. The summed E-state index contributed by atoms with van der Waals surface area (Å²) in [5, 5.41) is 10.7. The first-order chi connectivity index (χ1) is 8.80. The molecule has 0 saturated heterocycles. The molecule has 5 nitrogen and oxygen atoms in total. The van der Waals surface area contributed by atoms with Gasteiger partial charge < -0.3 is 20.0 Å². The highest BCUT2D eigenvalue weighted by molar-refractivity contribution is 5.71. The summed E-state index contributed by atoms with van der Waals surface area (Å²) in [4.78, 5) is 21.2. The van der Waals surface area contributed by atoms with Crippen LogP contribution in [-0.4, -0.2) is 29.1 Å². The Morgan fingerprint density at radius 2 is 1.95 bits per heavy atom. The van der Waals surface area contributed by atoms with Crippen LogP contribution < -0.4 is 10.1 Å². The molecule has 0 radical (unpaired) electrons. The molecule has 0 heterocycles. The third kappa shape index (κ3) is 5.90. The van der Waals surface area contributed by atoms with Crippen LogP contribution in [0.3, 0.4) is 0 Å². The van der Waals surface area contributed by atoms with Crippen LogP contribution in [0.1, 0.15) is 26.3 Å². The Hall–Kier alpha value is -2.04. The maximum absolute atomic E-state index is 10.7. The van der Waals surface area contributed by atoms with Crippen molar-refractivity contribution in [3.63, 3.8) is 0 Å². The normalized spacial score (nSPS) is 12.6. The molecule has 1 aromatic rings. The van der Waals surface area contributed by atoms with Gasteiger partial charge in [-0.3, -0.25) is 0 Å². The molecule has 1 atom stereocenters. The number of carbonyl (C=O) groups is 2. The molecule has 0 saturated carbocycles. The Bertz CT molecular complexity index is 434. The van der Waals surface area contributed by atoms with Crippen LogP contribution in [-0.2, 0) is 11.2 Å². The lowest BCUT2D eigenvalue weighted by Gasteiger charge is -2.21. The molecule has 1 unspecified atom stereocenters. The molecule has 0 aliphatic carbocycles. The molecule has 0 fully saturated rings. The molecule has 1 rings (SSSR count). The first kappa shape index (κ1) is 15.0. The van der Waals surface area contributed by atoms with Crippen molar-refractivity contribution < 1.29 is 19.4 Å². The summed E-state index contributed by atoms with van der Waals surface area (Å²) in [6, 6.07) is 6.53. The largest absolute Gasteiger partial charge is 0.488 e. The van der Waals surface area contributed by atoms with E-state index in [0.29, 0.717) is 12.7 Å². The summed E-state index contributed by atoms with van der Waals surface area (Å²) in [6.45, 7) is 5.88. The van der Waals surface area contributed by atoms with Gasteiger partial charge in [0, 0.05) is 0 Å². The summed E-state index contributed by atoms with van der Waals surface area (Å²) >= 11 is 0. The fourth-order valence-corrected chi connectivity index (χ4v) is 1.59. The van der Waals surface area contributed by atoms with Crippen LogP contribution in [0.2, 0.25) is 0 Å². The maximum Gasteiger partial charge on any atom is 0.405 e. The molecule has 1 amide bonds. The first-order valence-electron chi connectivity index (χ1n) is 6.03. The second-order valence-electron chi connectivity index (χ2n) is 5.25. The predicted octanol–water partition coefficient (Wildman–Crippen LogP) is 2.24. The zero-order valence-electron chi connectivity index (χ0n) is 11.3. The van der Waals surface area contributed by atoms with E-state index in [-0.39, 0.29) is 5.60 Å². The fourth-order valence-electron chi connectivity index (χ4n) is 1.59. The van der Waals surface area contributed by atoms with E-state index in [0.717, 1.165) is 11.3 Å². The van der Waals surface area contributed by atoms with Crippen LogP contribution in [0.25, 0.3) is 0 Å². The number of carboxylic acid groups (broad SMARTS) is 1. The molecular formula is C14H19NO4. The minimum absolute atomic E-state index is 0.266. The van der Waals surface area contributed by atoms with Gasteiger partial charge in [-0.1, -0.05) is 12.1 Å². The quantitative estimate of drug-likeness (QED) is 0.800. The van der Waals surface area contributed by atoms with E-state index < -0.39 is 12.1 Å². The van der Waals surface area contributed by atoms with Crippen molar-refractivity contribution in [3.8, 4) is 5.75 Å². The summed E-state index contributed by atoms with van der Waals surface area (Å²) in [7, 11) is 0. The predicted molar refractivity (Wildman–Crippen MR) is 71.5 cm³/mol. The van der Waals surface area contributed by atoms with Crippen molar-refractivity contribution in [3.05, 3.63) is 29.8 Å². The monoisotopic (exact) mass is 265 g/mol. The van der Waals surface area contributed by atoms with Gasteiger partial charge in [-0.25, -0.2) is 4.79 Å². The molecule has 0 aliphatic heterocycles. The van der Waals surface area contributed by atoms with Crippen LogP contribution in [0.4, 0.5) is 4.79 Å². The minimum atomic E-state index is -1.20. The van der Waals surface area contributed by atoms with E-state index in [2.05, 4.69) is 5.32 Å². The van der Waals surface area contributed by atoms with Crippen molar-refractivity contribution in [2.45, 2.75) is 38.8 Å². The van der Waals surface area contributed by atoms with Gasteiger partial charge in [0.05, 0.1) is 6.04 Å². The highest BCUT2D eigenvalue weighted by atomic mass is 16.5. The van der Waals surface area contributed by atoms with Gasteiger partial charge in [-0.05, 0) is 44.9 Å². The summed E-state index contributed by atoms with van der Waals surface area (Å²) in [5.74, 6) is 0.741. The molecule has 1 aromatic carbocycles. The number of ether oxygens (including phenoxy) is 1. The van der Waals surface area contributed by atoms with Gasteiger partial charge in [0.1, 0.15) is 17.6 Å². The highest BCUT2D eigenvalue weighted by Gasteiger charge is 2.13. The molecule has 19 heavy (non-hydrogen) atoms. The third-order valence-electron chi connectivity index (χ3n) is 2.28. The lowest BCUT2D eigenvalue weighted by molar-refractivity contribution is -0.109. The van der Waals surface area contributed by atoms with Crippen molar-refractivity contribution in [2.24, 2.45) is 0 Å². The summed E-state index contributed by atoms with van der Waals surface area (Å²) in [5.41, 5.74) is 0.602.